The molecule has 1 aliphatic rings. The number of carbonyl (C=O) groups is 1. The summed E-state index contributed by atoms with van der Waals surface area (Å²) in [6.45, 7) is 5.76. The molecule has 84 valence electrons. The van der Waals surface area contributed by atoms with E-state index in [0.29, 0.717) is 0 Å². The molecule has 0 aromatic rings. The summed E-state index contributed by atoms with van der Waals surface area (Å²) in [5.41, 5.74) is 1.06. The molecule has 1 aliphatic carbocycles. The van der Waals surface area contributed by atoms with E-state index in [1.165, 1.54) is 0 Å². The van der Waals surface area contributed by atoms with Crippen LogP contribution in [0, 0.1) is 6.42 Å². The van der Waals surface area contributed by atoms with Crippen molar-refractivity contribution < 1.29 is 56.2 Å². The van der Waals surface area contributed by atoms with Crippen molar-refractivity contribution in [3.8, 4) is 0 Å². The zero-order valence-corrected chi connectivity index (χ0v) is 13.8. The number of hydrogen-bond acceptors (Lipinski definition) is 1. The minimum atomic E-state index is 0. The molecular weight excluding hydrogens is 225 g/mol. The van der Waals surface area contributed by atoms with E-state index in [0.717, 1.165) is 37.9 Å². The molecule has 0 saturated carbocycles. The Bertz CT molecular complexity index is 271. The van der Waals surface area contributed by atoms with E-state index >= 15 is 0 Å². The van der Waals surface area contributed by atoms with Gasteiger partial charge in [0.25, 0.3) is 0 Å². The van der Waals surface area contributed by atoms with E-state index in [1.54, 1.807) is 6.42 Å². The average molecular weight is 245 g/mol. The molecule has 0 aromatic carbocycles. The molecule has 1 amide bonds. The van der Waals surface area contributed by atoms with Gasteiger partial charge in [-0.1, -0.05) is 26.2 Å². The van der Waals surface area contributed by atoms with E-state index in [2.05, 4.69) is 19.1 Å². The second kappa shape index (κ2) is 9.48. The van der Waals surface area contributed by atoms with Crippen LogP contribution in [0.3, 0.4) is 0 Å². The Kier molecular flexibility index (Phi) is 9.75. The van der Waals surface area contributed by atoms with Crippen molar-refractivity contribution >= 4 is 5.91 Å². The van der Waals surface area contributed by atoms with Crippen LogP contribution in [0.15, 0.2) is 23.8 Å². The van der Waals surface area contributed by atoms with Crippen LogP contribution in [0.4, 0.5) is 0 Å². The first-order chi connectivity index (χ1) is 7.27. The first-order valence-corrected chi connectivity index (χ1v) is 5.78. The van der Waals surface area contributed by atoms with Crippen molar-refractivity contribution in [1.29, 1.82) is 0 Å². The van der Waals surface area contributed by atoms with Gasteiger partial charge in [-0.3, -0.25) is 4.79 Å². The van der Waals surface area contributed by atoms with E-state index in [4.69, 9.17) is 0 Å². The molecule has 0 saturated heterocycles. The zero-order valence-electron chi connectivity index (χ0n) is 10.7. The van der Waals surface area contributed by atoms with Crippen LogP contribution in [0.2, 0.25) is 0 Å². The van der Waals surface area contributed by atoms with Gasteiger partial charge < -0.3 is 4.90 Å². The standard InChI is InChI=1S/C13H20NO.K/c1-3-10-14(4-2)13(15)11-12-8-6-5-7-9-12;/h6,8-9,11H,3-5,7,10H2,1-2H3;/q-1;+1. The molecule has 0 fully saturated rings. The molecule has 0 spiro atoms. The van der Waals surface area contributed by atoms with Gasteiger partial charge in [0.1, 0.15) is 0 Å². The van der Waals surface area contributed by atoms with Crippen molar-refractivity contribution in [2.75, 3.05) is 13.1 Å². The van der Waals surface area contributed by atoms with E-state index in [1.807, 2.05) is 17.9 Å². The van der Waals surface area contributed by atoms with Gasteiger partial charge in [0, 0.05) is 13.1 Å². The number of rotatable bonds is 5. The summed E-state index contributed by atoms with van der Waals surface area (Å²) >= 11 is 0. The van der Waals surface area contributed by atoms with Crippen LogP contribution in [-0.4, -0.2) is 23.9 Å². The minimum absolute atomic E-state index is 0. The Hall–Kier alpha value is 0.456. The quantitative estimate of drug-likeness (QED) is 0.482. The maximum atomic E-state index is 11.8. The molecular formula is C13H20KNO. The zero-order chi connectivity index (χ0) is 11.1. The molecule has 16 heavy (non-hydrogen) atoms. The third-order valence-corrected chi connectivity index (χ3v) is 2.50. The number of amides is 1. The summed E-state index contributed by atoms with van der Waals surface area (Å²) < 4.78 is 0. The fourth-order valence-electron chi connectivity index (χ4n) is 1.67. The fraction of sp³-hybridized carbons (Fsp3) is 0.538. The molecule has 0 bridgehead atoms. The van der Waals surface area contributed by atoms with Crippen LogP contribution in [0.5, 0.6) is 0 Å². The summed E-state index contributed by atoms with van der Waals surface area (Å²) in [5, 5.41) is 0. The third-order valence-electron chi connectivity index (χ3n) is 2.50. The predicted octanol–water partition coefficient (Wildman–Crippen LogP) is -0.270. The van der Waals surface area contributed by atoms with Gasteiger partial charge in [0.15, 0.2) is 5.91 Å². The summed E-state index contributed by atoms with van der Waals surface area (Å²) in [6, 6.07) is 0. The van der Waals surface area contributed by atoms with Gasteiger partial charge in [0.2, 0.25) is 0 Å². The molecule has 0 radical (unpaired) electrons. The number of carbonyl (C=O) groups excluding carboxylic acids is 1. The molecule has 0 atom stereocenters. The fourth-order valence-corrected chi connectivity index (χ4v) is 1.67. The Labute approximate surface area is 142 Å². The van der Waals surface area contributed by atoms with Crippen LogP contribution < -0.4 is 51.4 Å². The minimum Gasteiger partial charge on any atom is -0.350 e. The molecule has 1 rings (SSSR count). The number of hydrogen-bond donors (Lipinski definition) is 0. The first-order valence-electron chi connectivity index (χ1n) is 5.78. The number of nitrogens with zero attached hydrogens (tertiary/aromatic N) is 1. The topological polar surface area (TPSA) is 20.3 Å². The second-order valence-electron chi connectivity index (χ2n) is 3.75. The average Bonchev–Trinajstić information content (AvgIpc) is 2.27. The van der Waals surface area contributed by atoms with Crippen molar-refractivity contribution in [3.63, 3.8) is 0 Å². The third kappa shape index (κ3) is 5.69. The van der Waals surface area contributed by atoms with E-state index in [9.17, 15) is 4.79 Å². The number of allylic oxidation sites excluding steroid dienone is 3. The maximum Gasteiger partial charge on any atom is 1.00 e. The van der Waals surface area contributed by atoms with E-state index in [-0.39, 0.29) is 57.3 Å². The van der Waals surface area contributed by atoms with Crippen LogP contribution in [0.25, 0.3) is 0 Å². The van der Waals surface area contributed by atoms with Crippen LogP contribution in [0.1, 0.15) is 33.1 Å². The van der Waals surface area contributed by atoms with Crippen LogP contribution >= 0.6 is 0 Å². The second-order valence-corrected chi connectivity index (χ2v) is 3.75. The smallest absolute Gasteiger partial charge is 0.350 e. The van der Waals surface area contributed by atoms with E-state index < -0.39 is 0 Å². The monoisotopic (exact) mass is 245 g/mol. The Balaban J connectivity index is 0.00000225. The van der Waals surface area contributed by atoms with Gasteiger partial charge >= 0.3 is 51.4 Å². The SMILES string of the molecule is CCCN(CC)C(=O)[CH-]C1=CCCC=C1.[K+]. The van der Waals surface area contributed by atoms with Crippen molar-refractivity contribution in [2.24, 2.45) is 0 Å². The van der Waals surface area contributed by atoms with Crippen LogP contribution in [-0.2, 0) is 4.79 Å². The van der Waals surface area contributed by atoms with Gasteiger partial charge in [-0.2, -0.15) is 17.7 Å². The Morgan fingerprint density at radius 3 is 2.69 bits per heavy atom. The first kappa shape index (κ1) is 16.5. The largest absolute Gasteiger partial charge is 1.00 e. The molecule has 0 aromatic heterocycles. The van der Waals surface area contributed by atoms with Crippen molar-refractivity contribution in [3.05, 3.63) is 30.2 Å². The van der Waals surface area contributed by atoms with Gasteiger partial charge in [0.05, 0.1) is 0 Å². The maximum absolute atomic E-state index is 11.8. The Morgan fingerprint density at radius 2 is 2.19 bits per heavy atom. The molecule has 3 heteroatoms. The Morgan fingerprint density at radius 1 is 1.44 bits per heavy atom. The summed E-state index contributed by atoms with van der Waals surface area (Å²) in [7, 11) is 0. The van der Waals surface area contributed by atoms with Gasteiger partial charge in [-0.05, 0) is 13.3 Å². The summed E-state index contributed by atoms with van der Waals surface area (Å²) in [5.74, 6) is 0.136. The molecule has 0 N–H and O–H groups in total. The normalized spacial score (nSPS) is 13.8. The molecule has 2 nitrogen and oxygen atoms in total. The summed E-state index contributed by atoms with van der Waals surface area (Å²) in [4.78, 5) is 13.7. The van der Waals surface area contributed by atoms with Gasteiger partial charge in [-0.25, -0.2) is 0 Å². The molecule has 0 aliphatic heterocycles. The van der Waals surface area contributed by atoms with Crippen molar-refractivity contribution in [2.45, 2.75) is 33.1 Å². The summed E-state index contributed by atoms with van der Waals surface area (Å²) in [6.07, 6.45) is 11.2. The molecule has 0 heterocycles. The van der Waals surface area contributed by atoms with Crippen molar-refractivity contribution in [1.82, 2.24) is 4.90 Å². The van der Waals surface area contributed by atoms with Gasteiger partial charge in [-0.15, -0.1) is 6.08 Å². The predicted molar refractivity (Wildman–Crippen MR) is 63.3 cm³/mol. The molecule has 0 unspecified atom stereocenters.